The number of hydrogen-bond acceptors (Lipinski definition) is 3. The van der Waals surface area contributed by atoms with Gasteiger partial charge in [0.15, 0.2) is 5.82 Å². The highest BCUT2D eigenvalue weighted by molar-refractivity contribution is 5.68. The van der Waals surface area contributed by atoms with Gasteiger partial charge in [0.25, 0.3) is 0 Å². The summed E-state index contributed by atoms with van der Waals surface area (Å²) in [5, 5.41) is 0. The second kappa shape index (κ2) is 3.04. The third-order valence-electron chi connectivity index (χ3n) is 2.65. The van der Waals surface area contributed by atoms with Crippen molar-refractivity contribution in [3.8, 4) is 0 Å². The van der Waals surface area contributed by atoms with Crippen molar-refractivity contribution in [2.24, 2.45) is 4.99 Å². The van der Waals surface area contributed by atoms with Gasteiger partial charge in [0.1, 0.15) is 5.82 Å². The van der Waals surface area contributed by atoms with Gasteiger partial charge >= 0.3 is 0 Å². The zero-order valence-electron chi connectivity index (χ0n) is 8.05. The van der Waals surface area contributed by atoms with Gasteiger partial charge in [0, 0.05) is 12.1 Å². The van der Waals surface area contributed by atoms with Crippen LogP contribution in [0.1, 0.15) is 24.6 Å². The number of fused-ring (bicyclic) bond motifs is 1. The van der Waals surface area contributed by atoms with Crippen molar-refractivity contribution >= 4 is 17.4 Å². The van der Waals surface area contributed by atoms with Crippen LogP contribution >= 0.6 is 0 Å². The lowest BCUT2D eigenvalue weighted by Crippen LogP contribution is -1.90. The van der Waals surface area contributed by atoms with Crippen LogP contribution in [-0.2, 0) is 4.79 Å². The minimum absolute atomic E-state index is 0.479. The summed E-state index contributed by atoms with van der Waals surface area (Å²) in [4.78, 5) is 18.3. The average Bonchev–Trinajstić information content (AvgIpc) is 3.04. The highest BCUT2D eigenvalue weighted by Crippen LogP contribution is 2.41. The maximum atomic E-state index is 10.3. The van der Waals surface area contributed by atoms with Crippen LogP contribution in [-0.4, -0.2) is 15.5 Å². The first-order valence-electron chi connectivity index (χ1n) is 4.95. The van der Waals surface area contributed by atoms with Gasteiger partial charge < -0.3 is 4.40 Å². The largest absolute Gasteiger partial charge is 0.301 e. The molecule has 15 heavy (non-hydrogen) atoms. The fourth-order valence-corrected chi connectivity index (χ4v) is 1.80. The number of hydrogen-bond donors (Lipinski definition) is 0. The Hall–Kier alpha value is -1.93. The summed E-state index contributed by atoms with van der Waals surface area (Å²) >= 11 is 0. The molecule has 0 saturated heterocycles. The first-order chi connectivity index (χ1) is 7.40. The van der Waals surface area contributed by atoms with E-state index in [0.717, 1.165) is 11.3 Å². The Balaban J connectivity index is 2.31. The van der Waals surface area contributed by atoms with Crippen LogP contribution < -0.4 is 0 Å². The Morgan fingerprint density at radius 2 is 2.33 bits per heavy atom. The molecule has 4 nitrogen and oxygen atoms in total. The molecule has 0 aliphatic heterocycles. The molecule has 1 aliphatic rings. The molecule has 3 rings (SSSR count). The van der Waals surface area contributed by atoms with E-state index in [0.29, 0.717) is 11.7 Å². The van der Waals surface area contributed by atoms with Crippen molar-refractivity contribution < 1.29 is 4.79 Å². The summed E-state index contributed by atoms with van der Waals surface area (Å²) in [7, 11) is 0. The zero-order valence-corrected chi connectivity index (χ0v) is 8.05. The molecule has 0 radical (unpaired) electrons. The van der Waals surface area contributed by atoms with Crippen LogP contribution in [0.5, 0.6) is 0 Å². The Morgan fingerprint density at radius 3 is 3.07 bits per heavy atom. The van der Waals surface area contributed by atoms with Crippen molar-refractivity contribution in [2.75, 3.05) is 0 Å². The SMILES string of the molecule is O=C=Nc1nc(C2CC2)n2ccccc12. The molecule has 0 amide bonds. The molecular weight excluding hydrogens is 190 g/mol. The standard InChI is InChI=1S/C11H9N3O/c15-7-12-10-9-3-1-2-6-14(9)11(13-10)8-4-5-8/h1-3,6,8H,4-5H2. The lowest BCUT2D eigenvalue weighted by atomic mass is 10.4. The van der Waals surface area contributed by atoms with E-state index in [9.17, 15) is 4.79 Å². The molecule has 0 N–H and O–H groups in total. The predicted molar refractivity (Wildman–Crippen MR) is 54.9 cm³/mol. The van der Waals surface area contributed by atoms with E-state index in [4.69, 9.17) is 0 Å². The van der Waals surface area contributed by atoms with E-state index in [-0.39, 0.29) is 0 Å². The maximum absolute atomic E-state index is 10.3. The van der Waals surface area contributed by atoms with E-state index >= 15 is 0 Å². The third kappa shape index (κ3) is 1.27. The van der Waals surface area contributed by atoms with Gasteiger partial charge in [-0.2, -0.15) is 0 Å². The smallest absolute Gasteiger partial charge is 0.242 e. The Morgan fingerprint density at radius 1 is 1.47 bits per heavy atom. The van der Waals surface area contributed by atoms with Crippen molar-refractivity contribution in [1.29, 1.82) is 0 Å². The maximum Gasteiger partial charge on any atom is 0.242 e. The second-order valence-electron chi connectivity index (χ2n) is 3.73. The highest BCUT2D eigenvalue weighted by Gasteiger charge is 2.29. The summed E-state index contributed by atoms with van der Waals surface area (Å²) in [6.45, 7) is 0. The van der Waals surface area contributed by atoms with Crippen molar-refractivity contribution in [2.45, 2.75) is 18.8 Å². The quantitative estimate of drug-likeness (QED) is 0.549. The summed E-state index contributed by atoms with van der Waals surface area (Å²) in [6, 6.07) is 5.78. The molecule has 4 heteroatoms. The van der Waals surface area contributed by atoms with Crippen LogP contribution in [0.15, 0.2) is 29.4 Å². The number of aliphatic imine (C=N–C) groups is 1. The van der Waals surface area contributed by atoms with Crippen LogP contribution in [0.3, 0.4) is 0 Å². The van der Waals surface area contributed by atoms with Crippen LogP contribution in [0, 0.1) is 0 Å². The van der Waals surface area contributed by atoms with Gasteiger partial charge in [-0.15, -0.1) is 4.99 Å². The van der Waals surface area contributed by atoms with E-state index < -0.39 is 0 Å². The van der Waals surface area contributed by atoms with Gasteiger partial charge in [-0.1, -0.05) is 6.07 Å². The van der Waals surface area contributed by atoms with Gasteiger partial charge in [0.05, 0.1) is 5.52 Å². The monoisotopic (exact) mass is 199 g/mol. The summed E-state index contributed by atoms with van der Waals surface area (Å²) in [5.74, 6) is 2.03. The molecule has 0 atom stereocenters. The molecule has 0 bridgehead atoms. The number of pyridine rings is 1. The molecule has 1 fully saturated rings. The number of carbonyl (C=O) groups excluding carboxylic acids is 1. The van der Waals surface area contributed by atoms with Crippen molar-refractivity contribution in [1.82, 2.24) is 9.38 Å². The number of aromatic nitrogens is 2. The number of nitrogens with zero attached hydrogens (tertiary/aromatic N) is 3. The fourth-order valence-electron chi connectivity index (χ4n) is 1.80. The minimum Gasteiger partial charge on any atom is -0.301 e. The average molecular weight is 199 g/mol. The minimum atomic E-state index is 0.479. The Kier molecular flexibility index (Phi) is 1.70. The van der Waals surface area contributed by atoms with Crippen molar-refractivity contribution in [3.63, 3.8) is 0 Å². The van der Waals surface area contributed by atoms with Gasteiger partial charge in [-0.05, 0) is 25.0 Å². The molecule has 1 aliphatic carbocycles. The zero-order chi connectivity index (χ0) is 10.3. The third-order valence-corrected chi connectivity index (χ3v) is 2.65. The number of rotatable bonds is 2. The molecule has 0 spiro atoms. The summed E-state index contributed by atoms with van der Waals surface area (Å²) in [5.41, 5.74) is 0.878. The highest BCUT2D eigenvalue weighted by atomic mass is 16.1. The molecule has 1 saturated carbocycles. The Bertz CT molecular complexity index is 562. The van der Waals surface area contributed by atoms with E-state index in [1.807, 2.05) is 28.8 Å². The Labute approximate surface area is 86.3 Å². The molecule has 0 aromatic carbocycles. The molecule has 2 heterocycles. The normalized spacial score (nSPS) is 15.2. The lowest BCUT2D eigenvalue weighted by Gasteiger charge is -1.96. The van der Waals surface area contributed by atoms with E-state index in [1.165, 1.54) is 12.8 Å². The van der Waals surface area contributed by atoms with Crippen LogP contribution in [0.4, 0.5) is 5.82 Å². The molecule has 2 aromatic heterocycles. The summed E-state index contributed by atoms with van der Waals surface area (Å²) in [6.07, 6.45) is 5.86. The van der Waals surface area contributed by atoms with E-state index in [2.05, 4.69) is 9.98 Å². The first-order valence-corrected chi connectivity index (χ1v) is 4.95. The number of imidazole rings is 1. The van der Waals surface area contributed by atoms with Gasteiger partial charge in [-0.3, -0.25) is 0 Å². The predicted octanol–water partition coefficient (Wildman–Crippen LogP) is 2.18. The van der Waals surface area contributed by atoms with Crippen LogP contribution in [0.2, 0.25) is 0 Å². The van der Waals surface area contributed by atoms with Gasteiger partial charge in [0.2, 0.25) is 6.08 Å². The fraction of sp³-hybridized carbons (Fsp3) is 0.273. The van der Waals surface area contributed by atoms with Crippen molar-refractivity contribution in [3.05, 3.63) is 30.2 Å². The first kappa shape index (κ1) is 8.38. The molecule has 2 aromatic rings. The number of isocyanates is 1. The second-order valence-corrected chi connectivity index (χ2v) is 3.73. The molecular formula is C11H9N3O. The summed E-state index contributed by atoms with van der Waals surface area (Å²) < 4.78 is 2.01. The van der Waals surface area contributed by atoms with Gasteiger partial charge in [-0.25, -0.2) is 9.78 Å². The molecule has 74 valence electrons. The lowest BCUT2D eigenvalue weighted by molar-refractivity contribution is 0.565. The topological polar surface area (TPSA) is 46.7 Å². The van der Waals surface area contributed by atoms with E-state index in [1.54, 1.807) is 6.08 Å². The van der Waals surface area contributed by atoms with Crippen LogP contribution in [0.25, 0.3) is 5.52 Å². The molecule has 0 unspecified atom stereocenters.